The van der Waals surface area contributed by atoms with Crippen LogP contribution in [-0.2, 0) is 21.5 Å². The van der Waals surface area contributed by atoms with E-state index in [2.05, 4.69) is 5.04 Å². The molecule has 0 aromatic carbocycles. The summed E-state index contributed by atoms with van der Waals surface area (Å²) >= 11 is 0. The van der Waals surface area contributed by atoms with Gasteiger partial charge in [-0.2, -0.15) is 0 Å². The van der Waals surface area contributed by atoms with Gasteiger partial charge in [0.1, 0.15) is 0 Å². The molecule has 0 bridgehead atoms. The van der Waals surface area contributed by atoms with Gasteiger partial charge in [-0.3, -0.25) is 0 Å². The second-order valence-corrected chi connectivity index (χ2v) is 0.0816. The summed E-state index contributed by atoms with van der Waals surface area (Å²) in [6, 6.07) is 0. The van der Waals surface area contributed by atoms with Gasteiger partial charge in [-0.25, -0.2) is 10.5 Å². The average Bonchev–Trinajstić information content (AvgIpc) is 0.918. The molecule has 0 heterocycles. The second kappa shape index (κ2) is 27.1. The number of hydrogen-bond donors (Lipinski definition) is 2. The molecule has 0 spiro atoms. The van der Waals surface area contributed by atoms with E-state index in [9.17, 15) is 0 Å². The largest absolute Gasteiger partial charge is 0.412 e. The Morgan fingerprint density at radius 3 is 1.20 bits per heavy atom. The van der Waals surface area contributed by atoms with Crippen LogP contribution >= 0.6 is 0 Å². The molecule has 0 amide bonds. The summed E-state index contributed by atoms with van der Waals surface area (Å²) < 4.78 is 0. The van der Waals surface area contributed by atoms with Gasteiger partial charge >= 0.3 is 0 Å². The van der Waals surface area contributed by atoms with Crippen molar-refractivity contribution in [1.29, 1.82) is 0 Å². The van der Waals surface area contributed by atoms with Gasteiger partial charge in [0, 0.05) is 16.5 Å². The van der Waals surface area contributed by atoms with Crippen molar-refractivity contribution in [3.05, 3.63) is 0 Å². The van der Waals surface area contributed by atoms with E-state index >= 15 is 0 Å². The van der Waals surface area contributed by atoms with Crippen molar-refractivity contribution in [3.8, 4) is 0 Å². The van der Waals surface area contributed by atoms with Crippen LogP contribution in [-0.4, -0.2) is 16.0 Å². The fraction of sp³-hybridized carbons (Fsp3) is 0. The fourth-order valence-electron chi connectivity index (χ4n) is 0. The van der Waals surface area contributed by atoms with Gasteiger partial charge in [0.15, 0.2) is 0 Å². The SMILES string of the molecule is O.OOO.[Ni]. The third-order valence-corrected chi connectivity index (χ3v) is 0. The quantitative estimate of drug-likeness (QED) is 0.251. The molecule has 0 fully saturated rings. The molecule has 0 aliphatic heterocycles. The Balaban J connectivity index is -0.0000000200. The van der Waals surface area contributed by atoms with Crippen molar-refractivity contribution in [1.82, 2.24) is 0 Å². The zero-order chi connectivity index (χ0) is 2.71. The summed E-state index contributed by atoms with van der Waals surface area (Å²) in [6.07, 6.45) is 0. The minimum atomic E-state index is 0. The van der Waals surface area contributed by atoms with Crippen LogP contribution in [0.2, 0.25) is 0 Å². The minimum Gasteiger partial charge on any atom is -0.412 e. The summed E-state index contributed by atoms with van der Waals surface area (Å²) in [6.45, 7) is 0. The summed E-state index contributed by atoms with van der Waals surface area (Å²) in [7, 11) is 0. The normalized spacial score (nSPS) is 3.60. The molecule has 0 saturated heterocycles. The Morgan fingerprint density at radius 2 is 1.20 bits per heavy atom. The Labute approximate surface area is 38.5 Å². The van der Waals surface area contributed by atoms with E-state index < -0.39 is 0 Å². The van der Waals surface area contributed by atoms with E-state index in [1.165, 1.54) is 0 Å². The average molecular weight is 127 g/mol. The zero-order valence-electron chi connectivity index (χ0n) is 2.12. The van der Waals surface area contributed by atoms with Gasteiger partial charge in [0.25, 0.3) is 0 Å². The van der Waals surface area contributed by atoms with Gasteiger partial charge in [-0.15, -0.1) is 0 Å². The first-order chi connectivity index (χ1) is 1.41. The standard InChI is InChI=1S/Ni.H2O3.H2O/c;1-3-2;/h;1-2H;1H2. The van der Waals surface area contributed by atoms with Crippen LogP contribution in [0.1, 0.15) is 0 Å². The predicted molar refractivity (Wildman–Crippen MR) is 9.96 cm³/mol. The van der Waals surface area contributed by atoms with E-state index in [-0.39, 0.29) is 22.0 Å². The molecular formula is H4NiO4. The Hall–Kier alpha value is 0.334. The first kappa shape index (κ1) is 18.4. The van der Waals surface area contributed by atoms with Crippen LogP contribution in [0.3, 0.4) is 0 Å². The Kier molecular flexibility index (Phi) is 99.6. The van der Waals surface area contributed by atoms with Crippen LogP contribution in [0.15, 0.2) is 0 Å². The molecule has 0 aromatic rings. The molecule has 0 atom stereocenters. The summed E-state index contributed by atoms with van der Waals surface area (Å²) in [5.74, 6) is 0. The maximum atomic E-state index is 6.62. The molecule has 0 rings (SSSR count). The van der Waals surface area contributed by atoms with Crippen LogP contribution in [0, 0.1) is 0 Å². The molecule has 4 nitrogen and oxygen atoms in total. The number of hydrogen-bond acceptors (Lipinski definition) is 3. The Bertz CT molecular complexity index is 3.61. The van der Waals surface area contributed by atoms with Crippen LogP contribution < -0.4 is 0 Å². The van der Waals surface area contributed by atoms with E-state index in [1.54, 1.807) is 0 Å². The van der Waals surface area contributed by atoms with Crippen molar-refractivity contribution < 1.29 is 37.5 Å². The van der Waals surface area contributed by atoms with Gasteiger partial charge in [-0.1, -0.05) is 5.04 Å². The molecule has 5 heteroatoms. The summed E-state index contributed by atoms with van der Waals surface area (Å²) in [4.78, 5) is 0. The molecule has 0 aliphatic rings. The molecule has 38 valence electrons. The van der Waals surface area contributed by atoms with E-state index in [0.717, 1.165) is 0 Å². The van der Waals surface area contributed by atoms with Crippen LogP contribution in [0.5, 0.6) is 0 Å². The molecule has 5 heavy (non-hydrogen) atoms. The van der Waals surface area contributed by atoms with Crippen molar-refractivity contribution in [2.45, 2.75) is 0 Å². The van der Waals surface area contributed by atoms with E-state index in [1.807, 2.05) is 0 Å². The van der Waals surface area contributed by atoms with E-state index in [0.29, 0.717) is 0 Å². The molecule has 0 aromatic heterocycles. The van der Waals surface area contributed by atoms with Crippen LogP contribution in [0.25, 0.3) is 0 Å². The fourth-order valence-corrected chi connectivity index (χ4v) is 0. The molecule has 4 N–H and O–H groups in total. The maximum absolute atomic E-state index is 6.62. The van der Waals surface area contributed by atoms with Crippen molar-refractivity contribution in [3.63, 3.8) is 0 Å². The zero-order valence-corrected chi connectivity index (χ0v) is 3.11. The summed E-state index contributed by atoms with van der Waals surface area (Å²) in [5.41, 5.74) is 0. The first-order valence-corrected chi connectivity index (χ1v) is 0.365. The monoisotopic (exact) mass is 126 g/mol. The third-order valence-electron chi connectivity index (χ3n) is 0. The van der Waals surface area contributed by atoms with Gasteiger partial charge in [0.05, 0.1) is 0 Å². The van der Waals surface area contributed by atoms with Crippen molar-refractivity contribution in [2.75, 3.05) is 0 Å². The third kappa shape index (κ3) is 212. The predicted octanol–water partition coefficient (Wildman–Crippen LogP) is -0.878. The number of rotatable bonds is 0. The van der Waals surface area contributed by atoms with Crippen molar-refractivity contribution >= 4 is 0 Å². The molecule has 0 saturated carbocycles. The minimum absolute atomic E-state index is 0. The van der Waals surface area contributed by atoms with Gasteiger partial charge < -0.3 is 5.48 Å². The van der Waals surface area contributed by atoms with Gasteiger partial charge in [0.2, 0.25) is 0 Å². The first-order valence-electron chi connectivity index (χ1n) is 0.365. The molecule has 0 radical (unpaired) electrons. The topological polar surface area (TPSA) is 81.2 Å². The maximum Gasteiger partial charge on any atom is 0 e. The smallest absolute Gasteiger partial charge is 0 e. The molecular weight excluding hydrogens is 123 g/mol. The van der Waals surface area contributed by atoms with Crippen LogP contribution in [0.4, 0.5) is 0 Å². The Morgan fingerprint density at radius 1 is 1.20 bits per heavy atom. The summed E-state index contributed by atoms with van der Waals surface area (Å²) in [5, 5.41) is 15.5. The molecule has 0 unspecified atom stereocenters. The van der Waals surface area contributed by atoms with Crippen molar-refractivity contribution in [2.24, 2.45) is 0 Å². The van der Waals surface area contributed by atoms with E-state index in [4.69, 9.17) is 10.5 Å². The second-order valence-electron chi connectivity index (χ2n) is 0.0816. The molecule has 0 aliphatic carbocycles. The van der Waals surface area contributed by atoms with Gasteiger partial charge in [-0.05, 0) is 0 Å².